The number of hydrogen-bond donors (Lipinski definition) is 2. The molecule has 0 aromatic heterocycles. The lowest BCUT2D eigenvalue weighted by atomic mass is 9.90. The summed E-state index contributed by atoms with van der Waals surface area (Å²) in [6.45, 7) is 5.99. The third-order valence-corrected chi connectivity index (χ3v) is 3.95. The van der Waals surface area contributed by atoms with Crippen LogP contribution in [0.3, 0.4) is 0 Å². The normalized spacial score (nSPS) is 23.5. The first kappa shape index (κ1) is 14.0. The Kier molecular flexibility index (Phi) is 4.22. The zero-order valence-electron chi connectivity index (χ0n) is 11.8. The number of amides is 1. The Labute approximate surface area is 115 Å². The van der Waals surface area contributed by atoms with Gasteiger partial charge in [0.2, 0.25) is 0 Å². The first-order valence-electron chi connectivity index (χ1n) is 6.80. The van der Waals surface area contributed by atoms with Gasteiger partial charge in [-0.2, -0.15) is 0 Å². The molecule has 1 saturated heterocycles. The Hall–Kier alpha value is -1.39. The summed E-state index contributed by atoms with van der Waals surface area (Å²) >= 11 is 0. The first-order valence-corrected chi connectivity index (χ1v) is 6.80. The average Bonchev–Trinajstić information content (AvgIpc) is 2.80. The molecule has 0 bridgehead atoms. The van der Waals surface area contributed by atoms with E-state index in [0.29, 0.717) is 0 Å². The van der Waals surface area contributed by atoms with Crippen LogP contribution in [0.25, 0.3) is 0 Å². The van der Waals surface area contributed by atoms with Gasteiger partial charge in [0.1, 0.15) is 0 Å². The Bertz CT molecular complexity index is 460. The van der Waals surface area contributed by atoms with Crippen LogP contribution in [0.1, 0.15) is 29.3 Å². The minimum absolute atomic E-state index is 0.0323. The van der Waals surface area contributed by atoms with Crippen molar-refractivity contribution >= 4 is 5.91 Å². The summed E-state index contributed by atoms with van der Waals surface area (Å²) in [5, 5.41) is 2.66. The lowest BCUT2D eigenvalue weighted by Crippen LogP contribution is -2.31. The molecule has 2 rings (SSSR count). The zero-order chi connectivity index (χ0) is 13.9. The fourth-order valence-corrected chi connectivity index (χ4v) is 2.64. The maximum Gasteiger partial charge on any atom is 0.251 e. The van der Waals surface area contributed by atoms with Crippen LogP contribution in [0.2, 0.25) is 0 Å². The molecular formula is C15H23N3O. The third kappa shape index (κ3) is 3.33. The molecule has 1 fully saturated rings. The smallest absolute Gasteiger partial charge is 0.251 e. The molecule has 4 nitrogen and oxygen atoms in total. The van der Waals surface area contributed by atoms with Crippen molar-refractivity contribution in [1.29, 1.82) is 0 Å². The van der Waals surface area contributed by atoms with Gasteiger partial charge in [-0.25, -0.2) is 0 Å². The van der Waals surface area contributed by atoms with Crippen LogP contribution in [0.4, 0.5) is 0 Å². The monoisotopic (exact) mass is 261 g/mol. The molecule has 0 radical (unpaired) electrons. The van der Waals surface area contributed by atoms with Crippen molar-refractivity contribution in [1.82, 2.24) is 10.2 Å². The summed E-state index contributed by atoms with van der Waals surface area (Å²) in [6, 6.07) is 7.83. The predicted molar refractivity (Wildman–Crippen MR) is 76.9 cm³/mol. The predicted octanol–water partition coefficient (Wildman–Crippen LogP) is 1.22. The van der Waals surface area contributed by atoms with E-state index < -0.39 is 0 Å². The third-order valence-electron chi connectivity index (χ3n) is 3.95. The number of nitrogens with zero attached hydrogens (tertiary/aromatic N) is 1. The average molecular weight is 261 g/mol. The highest BCUT2D eigenvalue weighted by Gasteiger charge is 2.32. The SMILES string of the molecule is CNC(=O)c1cccc(CN2CCC(C)(CN)C2)c1. The zero-order valence-corrected chi connectivity index (χ0v) is 11.8. The molecule has 104 valence electrons. The molecule has 1 atom stereocenters. The molecule has 0 aliphatic carbocycles. The van der Waals surface area contributed by atoms with Crippen molar-refractivity contribution in [3.8, 4) is 0 Å². The van der Waals surface area contributed by atoms with Crippen LogP contribution < -0.4 is 11.1 Å². The van der Waals surface area contributed by atoms with E-state index in [9.17, 15) is 4.79 Å². The van der Waals surface area contributed by atoms with Crippen molar-refractivity contribution < 1.29 is 4.79 Å². The van der Waals surface area contributed by atoms with E-state index in [4.69, 9.17) is 5.73 Å². The van der Waals surface area contributed by atoms with E-state index in [2.05, 4.69) is 23.2 Å². The maximum absolute atomic E-state index is 11.6. The molecule has 1 aromatic rings. The van der Waals surface area contributed by atoms with E-state index in [-0.39, 0.29) is 11.3 Å². The molecule has 0 spiro atoms. The van der Waals surface area contributed by atoms with E-state index >= 15 is 0 Å². The molecule has 19 heavy (non-hydrogen) atoms. The molecule has 1 heterocycles. The largest absolute Gasteiger partial charge is 0.355 e. The molecule has 1 aliphatic rings. The molecule has 1 aromatic carbocycles. The van der Waals surface area contributed by atoms with Gasteiger partial charge in [-0.05, 0) is 42.6 Å². The van der Waals surface area contributed by atoms with Crippen molar-refractivity contribution in [3.05, 3.63) is 35.4 Å². The van der Waals surface area contributed by atoms with E-state index in [0.717, 1.165) is 38.2 Å². The van der Waals surface area contributed by atoms with E-state index in [1.54, 1.807) is 7.05 Å². The summed E-state index contributed by atoms with van der Waals surface area (Å²) in [7, 11) is 1.65. The second kappa shape index (κ2) is 5.72. The lowest BCUT2D eigenvalue weighted by Gasteiger charge is -2.22. The quantitative estimate of drug-likeness (QED) is 0.856. The summed E-state index contributed by atoms with van der Waals surface area (Å²) in [6.07, 6.45) is 1.15. The van der Waals surface area contributed by atoms with Crippen LogP contribution in [0.15, 0.2) is 24.3 Å². The van der Waals surface area contributed by atoms with Crippen molar-refractivity contribution in [2.75, 3.05) is 26.7 Å². The highest BCUT2D eigenvalue weighted by molar-refractivity contribution is 5.94. The molecule has 1 aliphatic heterocycles. The molecular weight excluding hydrogens is 238 g/mol. The summed E-state index contributed by atoms with van der Waals surface area (Å²) < 4.78 is 0. The first-order chi connectivity index (χ1) is 9.06. The number of carbonyl (C=O) groups excluding carboxylic acids is 1. The van der Waals surface area contributed by atoms with E-state index in [1.807, 2.05) is 18.2 Å². The number of nitrogens with two attached hydrogens (primary N) is 1. The van der Waals surface area contributed by atoms with Crippen LogP contribution >= 0.6 is 0 Å². The Morgan fingerprint density at radius 3 is 2.95 bits per heavy atom. The van der Waals surface area contributed by atoms with Crippen molar-refractivity contribution in [2.24, 2.45) is 11.1 Å². The topological polar surface area (TPSA) is 58.4 Å². The summed E-state index contributed by atoms with van der Waals surface area (Å²) in [4.78, 5) is 14.0. The highest BCUT2D eigenvalue weighted by Crippen LogP contribution is 2.29. The van der Waals surface area contributed by atoms with Gasteiger partial charge in [0.15, 0.2) is 0 Å². The molecule has 0 saturated carbocycles. The second-order valence-electron chi connectivity index (χ2n) is 5.75. The number of rotatable bonds is 4. The summed E-state index contributed by atoms with van der Waals surface area (Å²) in [5.41, 5.74) is 7.98. The van der Waals surface area contributed by atoms with Gasteiger partial charge in [0.05, 0.1) is 0 Å². The van der Waals surface area contributed by atoms with E-state index in [1.165, 1.54) is 5.56 Å². The molecule has 1 amide bonds. The fourth-order valence-electron chi connectivity index (χ4n) is 2.64. The van der Waals surface area contributed by atoms with Crippen LogP contribution in [-0.2, 0) is 6.54 Å². The number of carbonyl (C=O) groups is 1. The summed E-state index contributed by atoms with van der Waals surface area (Å²) in [5.74, 6) is -0.0323. The van der Waals surface area contributed by atoms with Gasteiger partial charge < -0.3 is 11.1 Å². The van der Waals surface area contributed by atoms with Crippen LogP contribution in [-0.4, -0.2) is 37.5 Å². The minimum Gasteiger partial charge on any atom is -0.355 e. The van der Waals surface area contributed by atoms with Gasteiger partial charge in [-0.3, -0.25) is 9.69 Å². The fraction of sp³-hybridized carbons (Fsp3) is 0.533. The van der Waals surface area contributed by atoms with Gasteiger partial charge in [-0.1, -0.05) is 19.1 Å². The molecule has 4 heteroatoms. The van der Waals surface area contributed by atoms with Gasteiger partial charge in [0, 0.05) is 25.7 Å². The maximum atomic E-state index is 11.6. The Morgan fingerprint density at radius 1 is 1.53 bits per heavy atom. The Morgan fingerprint density at radius 2 is 2.32 bits per heavy atom. The minimum atomic E-state index is -0.0323. The standard InChI is InChI=1S/C15H23N3O/c1-15(10-16)6-7-18(11-15)9-12-4-3-5-13(8-12)14(19)17-2/h3-5,8H,6-7,9-11,16H2,1-2H3,(H,17,19). The number of hydrogen-bond acceptors (Lipinski definition) is 3. The van der Waals surface area contributed by atoms with Gasteiger partial charge in [0.25, 0.3) is 5.91 Å². The van der Waals surface area contributed by atoms with Crippen LogP contribution in [0, 0.1) is 5.41 Å². The molecule has 3 N–H and O–H groups in total. The van der Waals surface area contributed by atoms with Gasteiger partial charge >= 0.3 is 0 Å². The number of likely N-dealkylation sites (tertiary alicyclic amines) is 1. The van der Waals surface area contributed by atoms with Crippen molar-refractivity contribution in [3.63, 3.8) is 0 Å². The van der Waals surface area contributed by atoms with Crippen molar-refractivity contribution in [2.45, 2.75) is 19.9 Å². The molecule has 1 unspecified atom stereocenters. The number of benzene rings is 1. The highest BCUT2D eigenvalue weighted by atomic mass is 16.1. The number of nitrogens with one attached hydrogen (secondary N) is 1. The lowest BCUT2D eigenvalue weighted by molar-refractivity contribution is 0.0963. The van der Waals surface area contributed by atoms with Crippen LogP contribution in [0.5, 0.6) is 0 Å². The Balaban J connectivity index is 2.02. The van der Waals surface area contributed by atoms with Gasteiger partial charge in [-0.15, -0.1) is 0 Å². The second-order valence-corrected chi connectivity index (χ2v) is 5.75.